The minimum atomic E-state index is -0.589. The van der Waals surface area contributed by atoms with E-state index in [-0.39, 0.29) is 30.2 Å². The van der Waals surface area contributed by atoms with E-state index in [9.17, 15) is 14.0 Å². The number of amides is 2. The van der Waals surface area contributed by atoms with E-state index in [1.165, 1.54) is 18.6 Å². The van der Waals surface area contributed by atoms with Gasteiger partial charge in [0, 0.05) is 28.9 Å². The molecular weight excluding hydrogens is 459 g/mol. The van der Waals surface area contributed by atoms with E-state index in [0.29, 0.717) is 17.9 Å². The summed E-state index contributed by atoms with van der Waals surface area (Å²) in [5.41, 5.74) is 0.803. The van der Waals surface area contributed by atoms with Crippen molar-refractivity contribution in [3.63, 3.8) is 0 Å². The van der Waals surface area contributed by atoms with E-state index in [2.05, 4.69) is 5.32 Å². The summed E-state index contributed by atoms with van der Waals surface area (Å²) in [6.45, 7) is 2.06. The van der Waals surface area contributed by atoms with Crippen LogP contribution in [0.25, 0.3) is 0 Å². The minimum absolute atomic E-state index is 0.0673. The van der Waals surface area contributed by atoms with Crippen LogP contribution in [0.3, 0.4) is 0 Å². The summed E-state index contributed by atoms with van der Waals surface area (Å²) < 4.78 is 13.3. The molecule has 1 N–H and O–H groups in total. The predicted molar refractivity (Wildman–Crippen MR) is 133 cm³/mol. The first kappa shape index (κ1) is 25.6. The van der Waals surface area contributed by atoms with Gasteiger partial charge in [0.2, 0.25) is 11.8 Å². The lowest BCUT2D eigenvalue weighted by molar-refractivity contribution is -0.141. The van der Waals surface area contributed by atoms with Gasteiger partial charge in [0.25, 0.3) is 0 Å². The maximum absolute atomic E-state index is 13.3. The molecule has 0 saturated heterocycles. The highest BCUT2D eigenvalue weighted by Gasteiger charge is 2.27. The number of halogens is 2. The molecule has 1 aliphatic carbocycles. The standard InChI is InChI=1S/C26H32ClFN2O2S/c1-19(26(32)29-23-6-3-2-4-7-23)30(18-20-9-13-22(28)14-10-20)25(31)8-5-17-33-24-15-11-21(27)12-16-24/h9-16,19,23H,2-8,17-18H2,1H3,(H,29,32)/t19-/m1/s1. The quantitative estimate of drug-likeness (QED) is 0.318. The summed E-state index contributed by atoms with van der Waals surface area (Å²) in [4.78, 5) is 28.8. The third-order valence-corrected chi connectivity index (χ3v) is 7.35. The fourth-order valence-electron chi connectivity index (χ4n) is 4.03. The summed E-state index contributed by atoms with van der Waals surface area (Å²) in [5, 5.41) is 3.83. The largest absolute Gasteiger partial charge is 0.352 e. The number of hydrogen-bond donors (Lipinski definition) is 1. The van der Waals surface area contributed by atoms with Crippen molar-refractivity contribution in [1.29, 1.82) is 0 Å². The van der Waals surface area contributed by atoms with Crippen LogP contribution in [0.4, 0.5) is 4.39 Å². The maximum atomic E-state index is 13.3. The Balaban J connectivity index is 1.59. The fraction of sp³-hybridized carbons (Fsp3) is 0.462. The lowest BCUT2D eigenvalue weighted by atomic mass is 9.95. The van der Waals surface area contributed by atoms with E-state index in [4.69, 9.17) is 11.6 Å². The molecule has 7 heteroatoms. The molecule has 1 saturated carbocycles. The summed E-state index contributed by atoms with van der Waals surface area (Å²) in [6.07, 6.45) is 6.50. The number of benzene rings is 2. The van der Waals surface area contributed by atoms with Crippen LogP contribution in [0, 0.1) is 5.82 Å². The van der Waals surface area contributed by atoms with Crippen LogP contribution in [0.5, 0.6) is 0 Å². The van der Waals surface area contributed by atoms with Gasteiger partial charge in [-0.3, -0.25) is 9.59 Å². The van der Waals surface area contributed by atoms with Crippen LogP contribution in [-0.4, -0.2) is 34.6 Å². The molecule has 1 aliphatic rings. The van der Waals surface area contributed by atoms with Gasteiger partial charge in [-0.1, -0.05) is 43.0 Å². The van der Waals surface area contributed by atoms with Crippen LogP contribution in [-0.2, 0) is 16.1 Å². The molecule has 0 unspecified atom stereocenters. The first-order valence-corrected chi connectivity index (χ1v) is 13.0. The van der Waals surface area contributed by atoms with Gasteiger partial charge in [-0.25, -0.2) is 4.39 Å². The normalized spacial score (nSPS) is 15.1. The van der Waals surface area contributed by atoms with Gasteiger partial charge in [0.15, 0.2) is 0 Å². The molecule has 178 valence electrons. The first-order chi connectivity index (χ1) is 15.9. The van der Waals surface area contributed by atoms with E-state index in [1.807, 2.05) is 24.3 Å². The van der Waals surface area contributed by atoms with Crippen molar-refractivity contribution in [2.24, 2.45) is 0 Å². The van der Waals surface area contributed by atoms with Gasteiger partial charge in [-0.15, -0.1) is 11.8 Å². The van der Waals surface area contributed by atoms with Gasteiger partial charge < -0.3 is 10.2 Å². The van der Waals surface area contributed by atoms with E-state index < -0.39 is 6.04 Å². The Morgan fingerprint density at radius 1 is 1.09 bits per heavy atom. The third kappa shape index (κ3) is 8.35. The number of nitrogens with zero attached hydrogens (tertiary/aromatic N) is 1. The second kappa shape index (κ2) is 13.0. The molecular formula is C26H32ClFN2O2S. The van der Waals surface area contributed by atoms with Crippen LogP contribution in [0.1, 0.15) is 57.4 Å². The first-order valence-electron chi connectivity index (χ1n) is 11.6. The average Bonchev–Trinajstić information content (AvgIpc) is 2.82. The second-order valence-electron chi connectivity index (χ2n) is 8.57. The van der Waals surface area contributed by atoms with Gasteiger partial charge in [-0.05, 0) is 73.9 Å². The zero-order valence-electron chi connectivity index (χ0n) is 19.1. The highest BCUT2D eigenvalue weighted by atomic mass is 35.5. The lowest BCUT2D eigenvalue weighted by Gasteiger charge is -2.31. The molecule has 0 radical (unpaired) electrons. The zero-order valence-corrected chi connectivity index (χ0v) is 20.6. The van der Waals surface area contributed by atoms with Gasteiger partial charge >= 0.3 is 0 Å². The maximum Gasteiger partial charge on any atom is 0.242 e. The summed E-state index contributed by atoms with van der Waals surface area (Å²) in [6, 6.07) is 13.3. The number of hydrogen-bond acceptors (Lipinski definition) is 3. The van der Waals surface area contributed by atoms with Gasteiger partial charge in [0.05, 0.1) is 0 Å². The molecule has 4 nitrogen and oxygen atoms in total. The SMILES string of the molecule is C[C@H](C(=O)NC1CCCCC1)N(Cc1ccc(F)cc1)C(=O)CCCSc1ccc(Cl)cc1. The summed E-state index contributed by atoms with van der Waals surface area (Å²) in [5.74, 6) is 0.287. The summed E-state index contributed by atoms with van der Waals surface area (Å²) in [7, 11) is 0. The van der Waals surface area contributed by atoms with Crippen molar-refractivity contribution >= 4 is 35.2 Å². The predicted octanol–water partition coefficient (Wildman–Crippen LogP) is 6.22. The van der Waals surface area contributed by atoms with Crippen molar-refractivity contribution < 1.29 is 14.0 Å². The summed E-state index contributed by atoms with van der Waals surface area (Å²) >= 11 is 7.60. The number of carbonyl (C=O) groups is 2. The molecule has 0 heterocycles. The topological polar surface area (TPSA) is 49.4 Å². The average molecular weight is 491 g/mol. The molecule has 2 amide bonds. The van der Waals surface area contributed by atoms with Crippen LogP contribution in [0.15, 0.2) is 53.4 Å². The Hall–Kier alpha value is -2.05. The second-order valence-corrected chi connectivity index (χ2v) is 10.2. The number of nitrogens with one attached hydrogen (secondary N) is 1. The third-order valence-electron chi connectivity index (χ3n) is 6.00. The van der Waals surface area contributed by atoms with E-state index in [0.717, 1.165) is 41.9 Å². The minimum Gasteiger partial charge on any atom is -0.352 e. The Morgan fingerprint density at radius 2 is 1.76 bits per heavy atom. The van der Waals surface area contributed by atoms with Crippen molar-refractivity contribution in [3.05, 3.63) is 64.9 Å². The molecule has 0 bridgehead atoms. The Bertz CT molecular complexity index is 902. The van der Waals surface area contributed by atoms with Gasteiger partial charge in [0.1, 0.15) is 11.9 Å². The molecule has 33 heavy (non-hydrogen) atoms. The highest BCUT2D eigenvalue weighted by molar-refractivity contribution is 7.99. The molecule has 2 aromatic carbocycles. The Labute approximate surface area is 205 Å². The smallest absolute Gasteiger partial charge is 0.242 e. The molecule has 1 fully saturated rings. The highest BCUT2D eigenvalue weighted by Crippen LogP contribution is 2.22. The van der Waals surface area contributed by atoms with E-state index in [1.54, 1.807) is 35.7 Å². The monoisotopic (exact) mass is 490 g/mol. The van der Waals surface area contributed by atoms with Crippen LogP contribution < -0.4 is 5.32 Å². The lowest BCUT2D eigenvalue weighted by Crippen LogP contribution is -2.50. The van der Waals surface area contributed by atoms with Crippen LogP contribution >= 0.6 is 23.4 Å². The molecule has 3 rings (SSSR count). The van der Waals surface area contributed by atoms with E-state index >= 15 is 0 Å². The zero-order chi connectivity index (χ0) is 23.6. The molecule has 0 aromatic heterocycles. The van der Waals surface area contributed by atoms with Crippen LogP contribution in [0.2, 0.25) is 5.02 Å². The number of thioether (sulfide) groups is 1. The Kier molecular flexibility index (Phi) is 10.1. The molecule has 0 aliphatic heterocycles. The molecule has 1 atom stereocenters. The molecule has 0 spiro atoms. The van der Waals surface area contributed by atoms with Crippen molar-refractivity contribution in [3.8, 4) is 0 Å². The number of carbonyl (C=O) groups excluding carboxylic acids is 2. The van der Waals surface area contributed by atoms with Crippen molar-refractivity contribution in [2.45, 2.75) is 75.4 Å². The van der Waals surface area contributed by atoms with Gasteiger partial charge in [-0.2, -0.15) is 0 Å². The van der Waals surface area contributed by atoms with Crippen molar-refractivity contribution in [1.82, 2.24) is 10.2 Å². The number of rotatable bonds is 10. The Morgan fingerprint density at radius 3 is 2.42 bits per heavy atom. The molecule has 2 aromatic rings. The van der Waals surface area contributed by atoms with Crippen molar-refractivity contribution in [2.75, 3.05) is 5.75 Å². The fourth-order valence-corrected chi connectivity index (χ4v) is 5.00.